The Balaban J connectivity index is 1.58. The van der Waals surface area contributed by atoms with Crippen LogP contribution in [0.1, 0.15) is 37.8 Å². The molecule has 25 heavy (non-hydrogen) atoms. The summed E-state index contributed by atoms with van der Waals surface area (Å²) < 4.78 is 0. The summed E-state index contributed by atoms with van der Waals surface area (Å²) in [6.45, 7) is 0.195. The second kappa shape index (κ2) is 7.74. The van der Waals surface area contributed by atoms with Crippen LogP contribution in [0.4, 0.5) is 0 Å². The molecule has 1 aliphatic carbocycles. The highest BCUT2D eigenvalue weighted by Gasteiger charge is 2.39. The quantitative estimate of drug-likeness (QED) is 0.827. The highest BCUT2D eigenvalue weighted by atomic mass is 32.1. The second-order valence-corrected chi connectivity index (χ2v) is 7.34. The fourth-order valence-corrected chi connectivity index (χ4v) is 4.01. The van der Waals surface area contributed by atoms with Crippen LogP contribution in [0.25, 0.3) is 10.6 Å². The molecular weight excluding hydrogens is 338 g/mol. The van der Waals surface area contributed by atoms with Crippen LogP contribution in [0.5, 0.6) is 0 Å². The van der Waals surface area contributed by atoms with Gasteiger partial charge >= 0.3 is 5.97 Å². The van der Waals surface area contributed by atoms with Crippen LogP contribution in [0, 0.1) is 5.41 Å². The van der Waals surface area contributed by atoms with Crippen molar-refractivity contribution in [3.05, 3.63) is 35.6 Å². The molecule has 2 N–H and O–H groups in total. The fourth-order valence-electron chi connectivity index (χ4n) is 3.20. The van der Waals surface area contributed by atoms with E-state index < -0.39 is 11.4 Å². The lowest BCUT2D eigenvalue weighted by molar-refractivity contribution is -0.151. The van der Waals surface area contributed by atoms with Crippen LogP contribution in [0.3, 0.4) is 0 Å². The first-order chi connectivity index (χ1) is 12.1. The molecule has 6 nitrogen and oxygen atoms in total. The monoisotopic (exact) mass is 359 g/mol. The zero-order valence-electron chi connectivity index (χ0n) is 13.9. The first-order valence-electron chi connectivity index (χ1n) is 8.44. The number of amides is 1. The number of carboxylic acid groups (broad SMARTS) is 1. The zero-order valence-corrected chi connectivity index (χ0v) is 14.7. The van der Waals surface area contributed by atoms with Crippen molar-refractivity contribution < 1.29 is 14.7 Å². The summed E-state index contributed by atoms with van der Waals surface area (Å²) in [5.74, 6) is -0.991. The zero-order chi connectivity index (χ0) is 17.7. The van der Waals surface area contributed by atoms with Crippen molar-refractivity contribution in [3.8, 4) is 10.6 Å². The summed E-state index contributed by atoms with van der Waals surface area (Å²) >= 11 is 1.47. The molecule has 0 atom stereocenters. The fraction of sp³-hybridized carbons (Fsp3) is 0.444. The van der Waals surface area contributed by atoms with Gasteiger partial charge in [0, 0.05) is 29.9 Å². The maximum Gasteiger partial charge on any atom is 0.311 e. The largest absolute Gasteiger partial charge is 0.481 e. The molecule has 2 aromatic heterocycles. The number of thiazole rings is 1. The highest BCUT2D eigenvalue weighted by Crippen LogP contribution is 2.36. The summed E-state index contributed by atoms with van der Waals surface area (Å²) in [5.41, 5.74) is 0.803. The number of carboxylic acids is 1. The molecule has 7 heteroatoms. The second-order valence-electron chi connectivity index (χ2n) is 6.49. The number of hydrogen-bond acceptors (Lipinski definition) is 5. The van der Waals surface area contributed by atoms with Crippen molar-refractivity contribution in [1.29, 1.82) is 0 Å². The molecule has 2 heterocycles. The Morgan fingerprint density at radius 1 is 1.28 bits per heavy atom. The number of aromatic nitrogens is 2. The van der Waals surface area contributed by atoms with E-state index in [2.05, 4.69) is 15.3 Å². The number of hydrogen-bond donors (Lipinski definition) is 2. The van der Waals surface area contributed by atoms with Crippen LogP contribution in [-0.4, -0.2) is 33.5 Å². The molecule has 0 spiro atoms. The summed E-state index contributed by atoms with van der Waals surface area (Å²) in [4.78, 5) is 32.4. The average Bonchev–Trinajstić information content (AvgIpc) is 3.10. The van der Waals surface area contributed by atoms with Gasteiger partial charge < -0.3 is 10.4 Å². The van der Waals surface area contributed by atoms with E-state index in [9.17, 15) is 14.7 Å². The van der Waals surface area contributed by atoms with E-state index in [0.717, 1.165) is 29.8 Å². The van der Waals surface area contributed by atoms with Gasteiger partial charge in [0.05, 0.1) is 17.5 Å². The van der Waals surface area contributed by atoms with Crippen LogP contribution in [-0.2, 0) is 16.0 Å². The normalized spacial score (nSPS) is 16.3. The molecule has 0 bridgehead atoms. The van der Waals surface area contributed by atoms with E-state index in [1.807, 2.05) is 17.5 Å². The van der Waals surface area contributed by atoms with Gasteiger partial charge in [0.15, 0.2) is 0 Å². The lowest BCUT2D eigenvalue weighted by Crippen LogP contribution is -2.44. The lowest BCUT2D eigenvalue weighted by atomic mass is 9.74. The molecule has 1 aliphatic rings. The first kappa shape index (κ1) is 17.5. The van der Waals surface area contributed by atoms with Gasteiger partial charge in [-0.05, 0) is 25.0 Å². The first-order valence-corrected chi connectivity index (χ1v) is 9.32. The predicted octanol–water partition coefficient (Wildman–Crippen LogP) is 2.90. The summed E-state index contributed by atoms with van der Waals surface area (Å²) in [6.07, 6.45) is 7.74. The van der Waals surface area contributed by atoms with Crippen molar-refractivity contribution >= 4 is 23.2 Å². The Kier molecular flexibility index (Phi) is 5.43. The molecule has 132 valence electrons. The van der Waals surface area contributed by atoms with Crippen LogP contribution in [0.15, 0.2) is 29.9 Å². The number of nitrogens with zero attached hydrogens (tertiary/aromatic N) is 2. The molecule has 1 amide bonds. The summed E-state index contributed by atoms with van der Waals surface area (Å²) in [6, 6.07) is 3.77. The topological polar surface area (TPSA) is 92.2 Å². The highest BCUT2D eigenvalue weighted by molar-refractivity contribution is 7.13. The Bertz CT molecular complexity index is 739. The lowest BCUT2D eigenvalue weighted by Gasteiger charge is -2.33. The number of aliphatic carboxylic acids is 1. The van der Waals surface area contributed by atoms with Crippen molar-refractivity contribution in [1.82, 2.24) is 15.3 Å². The minimum Gasteiger partial charge on any atom is -0.481 e. The molecule has 1 fully saturated rings. The van der Waals surface area contributed by atoms with Gasteiger partial charge in [-0.2, -0.15) is 0 Å². The SMILES string of the molecule is O=C(Cc1csc(-c2cccnc2)n1)NCC1(C(=O)O)CCCCC1. The summed E-state index contributed by atoms with van der Waals surface area (Å²) in [7, 11) is 0. The maximum absolute atomic E-state index is 12.2. The van der Waals surface area contributed by atoms with Gasteiger partial charge in [-0.3, -0.25) is 14.6 Å². The molecule has 3 rings (SSSR count). The summed E-state index contributed by atoms with van der Waals surface area (Å²) in [5, 5.41) is 15.0. The standard InChI is InChI=1S/C18H21N3O3S/c22-15(20-12-18(17(23)24)6-2-1-3-7-18)9-14-11-25-16(21-14)13-5-4-8-19-10-13/h4-5,8,10-11H,1-3,6-7,9,12H2,(H,20,22)(H,23,24). The predicted molar refractivity (Wildman–Crippen MR) is 95.2 cm³/mol. The van der Waals surface area contributed by atoms with Crippen molar-refractivity contribution in [2.75, 3.05) is 6.54 Å². The van der Waals surface area contributed by atoms with Gasteiger partial charge in [-0.15, -0.1) is 11.3 Å². The molecule has 0 aromatic carbocycles. The molecule has 2 aromatic rings. The number of carbonyl (C=O) groups is 2. The van der Waals surface area contributed by atoms with Crippen molar-refractivity contribution in [2.45, 2.75) is 38.5 Å². The van der Waals surface area contributed by atoms with E-state index in [4.69, 9.17) is 0 Å². The van der Waals surface area contributed by atoms with Gasteiger partial charge in [0.2, 0.25) is 5.91 Å². The molecule has 0 saturated heterocycles. The molecule has 1 saturated carbocycles. The Hall–Kier alpha value is -2.28. The Morgan fingerprint density at radius 3 is 2.76 bits per heavy atom. The van der Waals surface area contributed by atoms with Crippen LogP contribution in [0.2, 0.25) is 0 Å². The number of carbonyl (C=O) groups excluding carboxylic acids is 1. The van der Waals surface area contributed by atoms with Gasteiger partial charge in [-0.25, -0.2) is 4.98 Å². The molecule has 0 unspecified atom stereocenters. The van der Waals surface area contributed by atoms with E-state index in [1.165, 1.54) is 11.3 Å². The molecule has 0 aliphatic heterocycles. The molecule has 0 radical (unpaired) electrons. The average molecular weight is 359 g/mol. The van der Waals surface area contributed by atoms with E-state index >= 15 is 0 Å². The maximum atomic E-state index is 12.2. The Labute approximate surface area is 150 Å². The number of nitrogens with one attached hydrogen (secondary N) is 1. The third-order valence-electron chi connectivity index (χ3n) is 4.69. The van der Waals surface area contributed by atoms with Crippen LogP contribution < -0.4 is 5.32 Å². The van der Waals surface area contributed by atoms with Gasteiger partial charge in [-0.1, -0.05) is 19.3 Å². The van der Waals surface area contributed by atoms with Crippen LogP contribution >= 0.6 is 11.3 Å². The smallest absolute Gasteiger partial charge is 0.311 e. The van der Waals surface area contributed by atoms with Gasteiger partial charge in [0.25, 0.3) is 0 Å². The minimum atomic E-state index is -0.809. The number of rotatable bonds is 6. The van der Waals surface area contributed by atoms with E-state index in [1.54, 1.807) is 12.4 Å². The van der Waals surface area contributed by atoms with E-state index in [-0.39, 0.29) is 18.9 Å². The van der Waals surface area contributed by atoms with E-state index in [0.29, 0.717) is 18.5 Å². The Morgan fingerprint density at radius 2 is 2.08 bits per heavy atom. The van der Waals surface area contributed by atoms with Gasteiger partial charge in [0.1, 0.15) is 5.01 Å². The molecular formula is C18H21N3O3S. The van der Waals surface area contributed by atoms with Crippen molar-refractivity contribution in [2.24, 2.45) is 5.41 Å². The minimum absolute atomic E-state index is 0.159. The number of pyridine rings is 1. The third-order valence-corrected chi connectivity index (χ3v) is 5.63. The third kappa shape index (κ3) is 4.22. The van der Waals surface area contributed by atoms with Crippen molar-refractivity contribution in [3.63, 3.8) is 0 Å².